The lowest BCUT2D eigenvalue weighted by Crippen LogP contribution is -2.27. The molecule has 1 aromatic carbocycles. The van der Waals surface area contributed by atoms with Gasteiger partial charge in [0.05, 0.1) is 0 Å². The van der Waals surface area contributed by atoms with Crippen LogP contribution in [-0.2, 0) is 4.79 Å². The molecule has 7 heteroatoms. The topological polar surface area (TPSA) is 70.2 Å². The second-order valence-corrected chi connectivity index (χ2v) is 6.03. The van der Waals surface area contributed by atoms with Crippen LogP contribution in [0.15, 0.2) is 42.7 Å². The van der Waals surface area contributed by atoms with E-state index in [0.717, 1.165) is 24.7 Å². The van der Waals surface area contributed by atoms with E-state index in [0.29, 0.717) is 18.7 Å². The molecule has 1 aliphatic rings. The van der Waals surface area contributed by atoms with Crippen molar-refractivity contribution in [1.82, 2.24) is 15.3 Å². The quantitative estimate of drug-likeness (QED) is 0.590. The Labute approximate surface area is 152 Å². The highest BCUT2D eigenvalue weighted by molar-refractivity contribution is 5.91. The number of hydrogen-bond acceptors (Lipinski definition) is 5. The molecule has 3 rings (SSSR count). The van der Waals surface area contributed by atoms with E-state index in [4.69, 9.17) is 0 Å². The third-order valence-electron chi connectivity index (χ3n) is 4.13. The summed E-state index contributed by atoms with van der Waals surface area (Å²) in [6, 6.07) is 8.24. The van der Waals surface area contributed by atoms with Crippen LogP contribution >= 0.6 is 0 Å². The first kappa shape index (κ1) is 17.8. The van der Waals surface area contributed by atoms with Crippen molar-refractivity contribution in [3.8, 4) is 0 Å². The first-order valence-electron chi connectivity index (χ1n) is 8.74. The number of aromatic nitrogens is 2. The van der Waals surface area contributed by atoms with Gasteiger partial charge in [-0.3, -0.25) is 4.79 Å². The van der Waals surface area contributed by atoms with Crippen molar-refractivity contribution >= 4 is 23.6 Å². The molecule has 2 heterocycles. The summed E-state index contributed by atoms with van der Waals surface area (Å²) in [5, 5.41) is 5.92. The molecular formula is C19H22FN5O. The van der Waals surface area contributed by atoms with E-state index >= 15 is 0 Å². The van der Waals surface area contributed by atoms with Gasteiger partial charge in [-0.25, -0.2) is 14.4 Å². The Bertz CT molecular complexity index is 774. The Morgan fingerprint density at radius 3 is 2.81 bits per heavy atom. The highest BCUT2D eigenvalue weighted by Gasteiger charge is 2.13. The lowest BCUT2D eigenvalue weighted by molar-refractivity contribution is -0.116. The molecule has 1 aliphatic heterocycles. The van der Waals surface area contributed by atoms with Crippen molar-refractivity contribution in [3.05, 3.63) is 54.1 Å². The molecule has 1 aromatic heterocycles. The molecular weight excluding hydrogens is 333 g/mol. The molecule has 136 valence electrons. The van der Waals surface area contributed by atoms with Gasteiger partial charge < -0.3 is 15.5 Å². The average molecular weight is 355 g/mol. The van der Waals surface area contributed by atoms with Crippen LogP contribution < -0.4 is 15.5 Å². The molecule has 0 bridgehead atoms. The largest absolute Gasteiger partial charge is 0.368 e. The second-order valence-electron chi connectivity index (χ2n) is 6.03. The predicted octanol–water partition coefficient (Wildman–Crippen LogP) is 2.46. The van der Waals surface area contributed by atoms with Crippen LogP contribution in [0.4, 0.5) is 16.0 Å². The van der Waals surface area contributed by atoms with Gasteiger partial charge in [0, 0.05) is 43.9 Å². The number of hydrogen-bond donors (Lipinski definition) is 2. The fourth-order valence-electron chi connectivity index (χ4n) is 2.77. The number of nitrogens with zero attached hydrogens (tertiary/aromatic N) is 3. The third-order valence-corrected chi connectivity index (χ3v) is 4.13. The maximum Gasteiger partial charge on any atom is 0.244 e. The summed E-state index contributed by atoms with van der Waals surface area (Å²) in [6.45, 7) is 3.03. The van der Waals surface area contributed by atoms with E-state index < -0.39 is 0 Å². The molecule has 0 unspecified atom stereocenters. The maximum absolute atomic E-state index is 13.5. The Kier molecular flexibility index (Phi) is 6.14. The van der Waals surface area contributed by atoms with Gasteiger partial charge in [-0.15, -0.1) is 0 Å². The zero-order valence-electron chi connectivity index (χ0n) is 14.5. The first-order chi connectivity index (χ1) is 12.7. The Morgan fingerprint density at radius 1 is 1.19 bits per heavy atom. The molecule has 2 aromatic rings. The van der Waals surface area contributed by atoms with Gasteiger partial charge in [0.2, 0.25) is 5.91 Å². The molecule has 1 saturated heterocycles. The van der Waals surface area contributed by atoms with Gasteiger partial charge >= 0.3 is 0 Å². The highest BCUT2D eigenvalue weighted by atomic mass is 19.1. The number of rotatable bonds is 7. The monoisotopic (exact) mass is 355 g/mol. The van der Waals surface area contributed by atoms with Gasteiger partial charge in [-0.1, -0.05) is 18.2 Å². The zero-order chi connectivity index (χ0) is 18.2. The molecule has 26 heavy (non-hydrogen) atoms. The molecule has 1 amide bonds. The number of amides is 1. The molecule has 2 N–H and O–H groups in total. The number of carbonyl (C=O) groups is 1. The maximum atomic E-state index is 13.5. The number of nitrogens with one attached hydrogen (secondary N) is 2. The predicted molar refractivity (Wildman–Crippen MR) is 100 cm³/mol. The SMILES string of the molecule is O=C(/C=C/c1ccccc1F)NCCNc1cc(N2CCCC2)ncn1. The molecule has 0 saturated carbocycles. The van der Waals surface area contributed by atoms with Crippen molar-refractivity contribution < 1.29 is 9.18 Å². The van der Waals surface area contributed by atoms with E-state index in [-0.39, 0.29) is 11.7 Å². The third kappa shape index (κ3) is 5.02. The zero-order valence-corrected chi connectivity index (χ0v) is 14.5. The number of anilines is 2. The minimum Gasteiger partial charge on any atom is -0.368 e. The molecule has 0 radical (unpaired) electrons. The fourth-order valence-corrected chi connectivity index (χ4v) is 2.77. The van der Waals surface area contributed by atoms with E-state index in [1.807, 2.05) is 6.07 Å². The minimum absolute atomic E-state index is 0.268. The Balaban J connectivity index is 1.42. The van der Waals surface area contributed by atoms with Crippen LogP contribution in [0.25, 0.3) is 6.08 Å². The van der Waals surface area contributed by atoms with E-state index in [9.17, 15) is 9.18 Å². The molecule has 6 nitrogen and oxygen atoms in total. The van der Waals surface area contributed by atoms with Crippen LogP contribution in [0, 0.1) is 5.82 Å². The van der Waals surface area contributed by atoms with E-state index in [2.05, 4.69) is 25.5 Å². The van der Waals surface area contributed by atoms with Crippen LogP contribution in [0.5, 0.6) is 0 Å². The van der Waals surface area contributed by atoms with Crippen molar-refractivity contribution in [3.63, 3.8) is 0 Å². The van der Waals surface area contributed by atoms with Crippen molar-refractivity contribution in [1.29, 1.82) is 0 Å². The normalized spacial score (nSPS) is 14.0. The molecule has 1 fully saturated rings. The standard InChI is InChI=1S/C19H22FN5O/c20-16-6-2-1-5-15(16)7-8-19(26)22-10-9-21-17-13-18(24-14-23-17)25-11-3-4-12-25/h1-2,5-8,13-14H,3-4,9-12H2,(H,22,26)(H,21,23,24)/b8-7+. The smallest absolute Gasteiger partial charge is 0.244 e. The number of benzene rings is 1. The van der Waals surface area contributed by atoms with Gasteiger partial charge in [0.25, 0.3) is 0 Å². The summed E-state index contributed by atoms with van der Waals surface area (Å²) in [7, 11) is 0. The summed E-state index contributed by atoms with van der Waals surface area (Å²) in [6.07, 6.45) is 6.73. The molecule has 0 spiro atoms. The summed E-state index contributed by atoms with van der Waals surface area (Å²) < 4.78 is 13.5. The fraction of sp³-hybridized carbons (Fsp3) is 0.316. The summed E-state index contributed by atoms with van der Waals surface area (Å²) in [5.74, 6) is 1.04. The highest BCUT2D eigenvalue weighted by Crippen LogP contribution is 2.18. The van der Waals surface area contributed by atoms with Gasteiger partial charge in [-0.2, -0.15) is 0 Å². The minimum atomic E-state index is -0.351. The molecule has 0 atom stereocenters. The summed E-state index contributed by atoms with van der Waals surface area (Å²) in [4.78, 5) is 22.5. The van der Waals surface area contributed by atoms with Crippen molar-refractivity contribution in [2.24, 2.45) is 0 Å². The molecule has 0 aliphatic carbocycles. The Morgan fingerprint density at radius 2 is 2.00 bits per heavy atom. The van der Waals surface area contributed by atoms with E-state index in [1.54, 1.807) is 24.5 Å². The van der Waals surface area contributed by atoms with Crippen molar-refractivity contribution in [2.45, 2.75) is 12.8 Å². The Hall–Kier alpha value is -2.96. The average Bonchev–Trinajstić information content (AvgIpc) is 3.20. The number of halogens is 1. The first-order valence-corrected chi connectivity index (χ1v) is 8.74. The second kappa shape index (κ2) is 8.94. The lowest BCUT2D eigenvalue weighted by Gasteiger charge is -2.16. The lowest BCUT2D eigenvalue weighted by atomic mass is 10.2. The van der Waals surface area contributed by atoms with Crippen LogP contribution in [0.2, 0.25) is 0 Å². The van der Waals surface area contributed by atoms with E-state index in [1.165, 1.54) is 31.1 Å². The summed E-state index contributed by atoms with van der Waals surface area (Å²) in [5.41, 5.74) is 0.385. The van der Waals surface area contributed by atoms with Crippen LogP contribution in [-0.4, -0.2) is 42.1 Å². The van der Waals surface area contributed by atoms with Crippen molar-refractivity contribution in [2.75, 3.05) is 36.4 Å². The van der Waals surface area contributed by atoms with Crippen LogP contribution in [0.1, 0.15) is 18.4 Å². The summed E-state index contributed by atoms with van der Waals surface area (Å²) >= 11 is 0. The van der Waals surface area contributed by atoms with Gasteiger partial charge in [-0.05, 0) is 25.0 Å². The van der Waals surface area contributed by atoms with Gasteiger partial charge in [0.15, 0.2) is 0 Å². The van der Waals surface area contributed by atoms with Crippen LogP contribution in [0.3, 0.4) is 0 Å². The van der Waals surface area contributed by atoms with Gasteiger partial charge in [0.1, 0.15) is 23.8 Å². The number of carbonyl (C=O) groups excluding carboxylic acids is 1.